The molecular weight excluding hydrogens is 300 g/mol. The molecule has 5 nitrogen and oxygen atoms in total. The molecule has 0 saturated carbocycles. The van der Waals surface area contributed by atoms with E-state index in [1.807, 2.05) is 23.1 Å². The zero-order chi connectivity index (χ0) is 16.9. The van der Waals surface area contributed by atoms with Gasteiger partial charge in [0, 0.05) is 45.2 Å². The quantitative estimate of drug-likeness (QED) is 0.837. The summed E-state index contributed by atoms with van der Waals surface area (Å²) in [5, 5.41) is 13.9. The van der Waals surface area contributed by atoms with Crippen molar-refractivity contribution in [1.82, 2.24) is 19.6 Å². The molecule has 2 heterocycles. The summed E-state index contributed by atoms with van der Waals surface area (Å²) in [6.07, 6.45) is 3.80. The number of benzene rings is 1. The predicted octanol–water partition coefficient (Wildman–Crippen LogP) is 1.53. The molecule has 0 unspecified atom stereocenters. The lowest BCUT2D eigenvalue weighted by Gasteiger charge is -2.20. The van der Waals surface area contributed by atoms with Gasteiger partial charge >= 0.3 is 0 Å². The van der Waals surface area contributed by atoms with E-state index in [1.54, 1.807) is 0 Å². The highest BCUT2D eigenvalue weighted by Crippen LogP contribution is 2.25. The molecule has 1 aromatic heterocycles. The fourth-order valence-corrected chi connectivity index (χ4v) is 3.71. The average Bonchev–Trinajstić information content (AvgIpc) is 3.17. The molecule has 130 valence electrons. The minimum Gasteiger partial charge on any atom is -0.396 e. The molecule has 1 N–H and O–H groups in total. The van der Waals surface area contributed by atoms with E-state index >= 15 is 0 Å². The van der Waals surface area contributed by atoms with Crippen LogP contribution in [0.5, 0.6) is 0 Å². The van der Waals surface area contributed by atoms with E-state index in [1.165, 1.54) is 11.1 Å². The third kappa shape index (κ3) is 4.44. The number of hydrogen-bond donors (Lipinski definition) is 1. The topological polar surface area (TPSA) is 44.5 Å². The molecule has 3 rings (SSSR count). The van der Waals surface area contributed by atoms with Crippen LogP contribution in [0, 0.1) is 11.8 Å². The van der Waals surface area contributed by atoms with Gasteiger partial charge in [-0.3, -0.25) is 9.58 Å². The number of aromatic nitrogens is 2. The predicted molar refractivity (Wildman–Crippen MR) is 95.7 cm³/mol. The molecule has 0 amide bonds. The Bertz CT molecular complexity index is 626. The van der Waals surface area contributed by atoms with Gasteiger partial charge in [-0.15, -0.1) is 0 Å². The van der Waals surface area contributed by atoms with Crippen LogP contribution in [0.3, 0.4) is 0 Å². The molecule has 0 bridgehead atoms. The molecule has 1 fully saturated rings. The summed E-state index contributed by atoms with van der Waals surface area (Å²) >= 11 is 0. The minimum atomic E-state index is 0.286. The Labute approximate surface area is 144 Å². The van der Waals surface area contributed by atoms with E-state index in [-0.39, 0.29) is 6.61 Å². The molecular formula is C19H28N4O. The number of rotatable bonds is 7. The van der Waals surface area contributed by atoms with Crippen LogP contribution >= 0.6 is 0 Å². The monoisotopic (exact) mass is 328 g/mol. The molecule has 2 atom stereocenters. The zero-order valence-electron chi connectivity index (χ0n) is 14.7. The normalized spacial score (nSPS) is 21.7. The molecule has 5 heteroatoms. The van der Waals surface area contributed by atoms with Gasteiger partial charge in [-0.25, -0.2) is 0 Å². The van der Waals surface area contributed by atoms with Gasteiger partial charge < -0.3 is 10.0 Å². The molecule has 1 saturated heterocycles. The Kier molecular flexibility index (Phi) is 5.66. The van der Waals surface area contributed by atoms with Gasteiger partial charge in [0.25, 0.3) is 0 Å². The van der Waals surface area contributed by atoms with Crippen LogP contribution < -0.4 is 0 Å². The second kappa shape index (κ2) is 7.92. The van der Waals surface area contributed by atoms with Crippen LogP contribution in [0.2, 0.25) is 0 Å². The van der Waals surface area contributed by atoms with Gasteiger partial charge in [0.05, 0.1) is 6.54 Å². The fourth-order valence-electron chi connectivity index (χ4n) is 3.71. The first-order valence-electron chi connectivity index (χ1n) is 8.67. The number of nitrogens with zero attached hydrogens (tertiary/aromatic N) is 4. The third-order valence-electron chi connectivity index (χ3n) is 4.79. The van der Waals surface area contributed by atoms with E-state index in [0.717, 1.165) is 32.7 Å². The van der Waals surface area contributed by atoms with Gasteiger partial charge in [0.2, 0.25) is 0 Å². The summed E-state index contributed by atoms with van der Waals surface area (Å²) in [6, 6.07) is 10.7. The van der Waals surface area contributed by atoms with Crippen molar-refractivity contribution in [2.45, 2.75) is 13.1 Å². The first-order valence-corrected chi connectivity index (χ1v) is 8.67. The maximum atomic E-state index is 9.67. The van der Waals surface area contributed by atoms with Crippen LogP contribution in [-0.2, 0) is 13.1 Å². The first-order chi connectivity index (χ1) is 11.6. The maximum absolute atomic E-state index is 9.67. The molecule has 0 radical (unpaired) electrons. The lowest BCUT2D eigenvalue weighted by Crippen LogP contribution is -2.28. The van der Waals surface area contributed by atoms with E-state index in [4.69, 9.17) is 0 Å². The largest absolute Gasteiger partial charge is 0.396 e. The highest BCUT2D eigenvalue weighted by molar-refractivity contribution is 5.23. The van der Waals surface area contributed by atoms with E-state index in [0.29, 0.717) is 11.8 Å². The van der Waals surface area contributed by atoms with Gasteiger partial charge in [0.1, 0.15) is 0 Å². The number of aliphatic hydroxyl groups is 1. The molecule has 0 spiro atoms. The fraction of sp³-hybridized carbons (Fsp3) is 0.526. The second-order valence-electron chi connectivity index (χ2n) is 7.18. The summed E-state index contributed by atoms with van der Waals surface area (Å²) in [4.78, 5) is 4.70. The Balaban J connectivity index is 1.61. The van der Waals surface area contributed by atoms with Crippen molar-refractivity contribution in [2.75, 3.05) is 40.3 Å². The van der Waals surface area contributed by atoms with Crippen molar-refractivity contribution in [3.05, 3.63) is 53.9 Å². The van der Waals surface area contributed by atoms with E-state index in [2.05, 4.69) is 53.3 Å². The highest BCUT2D eigenvalue weighted by atomic mass is 16.3. The number of hydrogen-bond acceptors (Lipinski definition) is 4. The first kappa shape index (κ1) is 17.1. The smallest absolute Gasteiger partial charge is 0.0659 e. The summed E-state index contributed by atoms with van der Waals surface area (Å²) in [5.41, 5.74) is 2.61. The van der Waals surface area contributed by atoms with Crippen LogP contribution in [0.1, 0.15) is 11.1 Å². The van der Waals surface area contributed by atoms with Crippen molar-refractivity contribution in [1.29, 1.82) is 0 Å². The van der Waals surface area contributed by atoms with Gasteiger partial charge in [-0.05, 0) is 43.1 Å². The van der Waals surface area contributed by atoms with Gasteiger partial charge in [0.15, 0.2) is 0 Å². The molecule has 1 aliphatic heterocycles. The summed E-state index contributed by atoms with van der Waals surface area (Å²) in [6.45, 7) is 5.14. The number of aliphatic hydroxyl groups excluding tert-OH is 1. The Hall–Kier alpha value is -1.69. The van der Waals surface area contributed by atoms with Crippen LogP contribution in [0.4, 0.5) is 0 Å². The van der Waals surface area contributed by atoms with Crippen molar-refractivity contribution in [3.8, 4) is 0 Å². The van der Waals surface area contributed by atoms with Crippen molar-refractivity contribution in [3.63, 3.8) is 0 Å². The standard InChI is InChI=1S/C19H28N4O/c1-21(2)12-18-13-22(14-19(18)15-24)10-16-5-3-6-17(9-16)11-23-8-4-7-20-23/h3-9,18-19,24H,10-15H2,1-2H3/t18-,19-/m1/s1. The zero-order valence-corrected chi connectivity index (χ0v) is 14.7. The SMILES string of the molecule is CN(C)C[C@@H]1CN(Cc2cccc(Cn3cccn3)c2)C[C@@H]1CO. The molecule has 24 heavy (non-hydrogen) atoms. The number of likely N-dealkylation sites (tertiary alicyclic amines) is 1. The van der Waals surface area contributed by atoms with Crippen molar-refractivity contribution >= 4 is 0 Å². The second-order valence-corrected chi connectivity index (χ2v) is 7.18. The lowest BCUT2D eigenvalue weighted by molar-refractivity contribution is 0.183. The van der Waals surface area contributed by atoms with Crippen molar-refractivity contribution < 1.29 is 5.11 Å². The lowest BCUT2D eigenvalue weighted by atomic mass is 9.97. The average molecular weight is 328 g/mol. The summed E-state index contributed by atoms with van der Waals surface area (Å²) in [7, 11) is 4.21. The van der Waals surface area contributed by atoms with Crippen LogP contribution in [0.25, 0.3) is 0 Å². The van der Waals surface area contributed by atoms with Crippen LogP contribution in [-0.4, -0.2) is 65.0 Å². The molecule has 1 aromatic carbocycles. The summed E-state index contributed by atoms with van der Waals surface area (Å²) in [5.74, 6) is 0.942. The van der Waals surface area contributed by atoms with Crippen LogP contribution in [0.15, 0.2) is 42.7 Å². The Morgan fingerprint density at radius 2 is 1.88 bits per heavy atom. The van der Waals surface area contributed by atoms with E-state index in [9.17, 15) is 5.11 Å². The van der Waals surface area contributed by atoms with Crippen molar-refractivity contribution in [2.24, 2.45) is 11.8 Å². The minimum absolute atomic E-state index is 0.286. The highest BCUT2D eigenvalue weighted by Gasteiger charge is 2.32. The van der Waals surface area contributed by atoms with E-state index < -0.39 is 0 Å². The maximum Gasteiger partial charge on any atom is 0.0659 e. The third-order valence-corrected chi connectivity index (χ3v) is 4.79. The Morgan fingerprint density at radius 1 is 1.12 bits per heavy atom. The molecule has 0 aliphatic carbocycles. The van der Waals surface area contributed by atoms with Gasteiger partial charge in [-0.1, -0.05) is 24.3 Å². The summed E-state index contributed by atoms with van der Waals surface area (Å²) < 4.78 is 1.95. The Morgan fingerprint density at radius 3 is 2.54 bits per heavy atom. The van der Waals surface area contributed by atoms with Gasteiger partial charge in [-0.2, -0.15) is 5.10 Å². The molecule has 1 aliphatic rings. The molecule has 2 aromatic rings.